The number of allylic oxidation sites excluding steroid dienone is 4. The predicted molar refractivity (Wildman–Crippen MR) is 152 cm³/mol. The SMILES string of the molecule is COc1cccc(-c2cc(C(F)(F)F)ccc2CC(=O)C(C(O)CCC2=CC=CC(F)C2F)C(OC)C2(C)CCCN2)n1. The molecule has 0 radical (unpaired) electrons. The van der Waals surface area contributed by atoms with Crippen LogP contribution in [0.1, 0.15) is 43.7 Å². The van der Waals surface area contributed by atoms with E-state index in [0.29, 0.717) is 13.0 Å². The summed E-state index contributed by atoms with van der Waals surface area (Å²) >= 11 is 0. The molecule has 6 atom stereocenters. The third-order valence-electron chi connectivity index (χ3n) is 8.37. The summed E-state index contributed by atoms with van der Waals surface area (Å²) in [6, 6.07) is 7.76. The van der Waals surface area contributed by atoms with E-state index in [1.807, 2.05) is 6.92 Å². The molecule has 0 spiro atoms. The van der Waals surface area contributed by atoms with Crippen LogP contribution < -0.4 is 10.1 Å². The maximum atomic E-state index is 14.5. The Bertz CT molecular complexity index is 1340. The first kappa shape index (κ1) is 32.8. The number of nitrogens with one attached hydrogen (secondary N) is 1. The second-order valence-corrected chi connectivity index (χ2v) is 11.3. The first-order valence-electron chi connectivity index (χ1n) is 14.2. The lowest BCUT2D eigenvalue weighted by molar-refractivity contribution is -0.137. The van der Waals surface area contributed by atoms with E-state index in [1.165, 1.54) is 38.5 Å². The lowest BCUT2D eigenvalue weighted by Crippen LogP contribution is -2.56. The van der Waals surface area contributed by atoms with Crippen LogP contribution in [0.4, 0.5) is 22.0 Å². The number of benzene rings is 1. The molecule has 1 fully saturated rings. The average molecular weight is 609 g/mol. The summed E-state index contributed by atoms with van der Waals surface area (Å²) in [6.07, 6.45) is -5.25. The van der Waals surface area contributed by atoms with Crippen LogP contribution in [0.3, 0.4) is 0 Å². The number of alkyl halides is 5. The van der Waals surface area contributed by atoms with E-state index in [4.69, 9.17) is 9.47 Å². The molecule has 2 heterocycles. The summed E-state index contributed by atoms with van der Waals surface area (Å²) in [7, 11) is 2.82. The van der Waals surface area contributed by atoms with E-state index >= 15 is 0 Å². The van der Waals surface area contributed by atoms with E-state index in [9.17, 15) is 31.9 Å². The van der Waals surface area contributed by atoms with Crippen molar-refractivity contribution in [2.24, 2.45) is 5.92 Å². The van der Waals surface area contributed by atoms with E-state index in [1.54, 1.807) is 12.1 Å². The number of carbonyl (C=O) groups is 1. The zero-order valence-electron chi connectivity index (χ0n) is 24.3. The standard InChI is InChI=1S/C32H37F5N2O4/c1-31(15-6-16-38-31)30(43-3)28(25(40)14-12-19-7-4-8-23(33)29(19)34)26(41)17-20-11-13-21(32(35,36)37)18-22(20)24-9-5-10-27(39-24)42-2/h4-5,7-11,13,18,23,25,28-30,38,40H,6,12,14-17H2,1-3H3. The van der Waals surface area contributed by atoms with Crippen molar-refractivity contribution in [3.05, 3.63) is 71.3 Å². The first-order chi connectivity index (χ1) is 20.4. The number of Topliss-reactive ketones (excluding diaryl/α,β-unsaturated/α-hetero) is 1. The molecule has 4 rings (SSSR count). The van der Waals surface area contributed by atoms with Crippen LogP contribution >= 0.6 is 0 Å². The fourth-order valence-electron chi connectivity index (χ4n) is 6.07. The van der Waals surface area contributed by atoms with Crippen molar-refractivity contribution >= 4 is 5.78 Å². The maximum absolute atomic E-state index is 14.5. The van der Waals surface area contributed by atoms with Gasteiger partial charge in [-0.2, -0.15) is 13.2 Å². The van der Waals surface area contributed by atoms with Gasteiger partial charge in [-0.05, 0) is 74.6 Å². The Morgan fingerprint density at radius 2 is 1.98 bits per heavy atom. The second kappa shape index (κ2) is 13.7. The molecule has 2 aliphatic rings. The number of aliphatic hydroxyl groups is 1. The number of carbonyl (C=O) groups excluding carboxylic acids is 1. The van der Waals surface area contributed by atoms with Crippen molar-refractivity contribution in [2.75, 3.05) is 20.8 Å². The highest BCUT2D eigenvalue weighted by atomic mass is 19.4. The average Bonchev–Trinajstić information content (AvgIpc) is 3.42. The molecule has 1 aliphatic carbocycles. The number of methoxy groups -OCH3 is 2. The number of ether oxygens (including phenoxy) is 2. The minimum atomic E-state index is -4.63. The molecule has 2 aromatic rings. The maximum Gasteiger partial charge on any atom is 0.416 e. The third-order valence-corrected chi connectivity index (χ3v) is 8.37. The number of halogens is 5. The molecule has 43 heavy (non-hydrogen) atoms. The highest BCUT2D eigenvalue weighted by Crippen LogP contribution is 2.37. The summed E-state index contributed by atoms with van der Waals surface area (Å²) in [5, 5.41) is 14.8. The molecule has 0 saturated carbocycles. The number of aliphatic hydroxyl groups excluding tert-OH is 1. The van der Waals surface area contributed by atoms with Gasteiger partial charge in [0.1, 0.15) is 5.78 Å². The minimum Gasteiger partial charge on any atom is -0.481 e. The van der Waals surface area contributed by atoms with E-state index < -0.39 is 53.5 Å². The lowest BCUT2D eigenvalue weighted by atomic mass is 9.76. The summed E-state index contributed by atoms with van der Waals surface area (Å²) in [5.74, 6) is -1.39. The Balaban J connectivity index is 1.69. The fourth-order valence-corrected chi connectivity index (χ4v) is 6.07. The minimum absolute atomic E-state index is 0.0106. The lowest BCUT2D eigenvalue weighted by Gasteiger charge is -2.40. The predicted octanol–water partition coefficient (Wildman–Crippen LogP) is 5.97. The van der Waals surface area contributed by atoms with Crippen LogP contribution in [0.15, 0.2) is 60.2 Å². The van der Waals surface area contributed by atoms with Crippen molar-refractivity contribution in [1.29, 1.82) is 0 Å². The van der Waals surface area contributed by atoms with Gasteiger partial charge in [0.05, 0.1) is 36.5 Å². The number of rotatable bonds is 12. The number of nitrogens with zero attached hydrogens (tertiary/aromatic N) is 1. The van der Waals surface area contributed by atoms with E-state index in [-0.39, 0.29) is 47.5 Å². The molecule has 1 aromatic heterocycles. The molecule has 2 N–H and O–H groups in total. The van der Waals surface area contributed by atoms with Gasteiger partial charge >= 0.3 is 6.18 Å². The summed E-state index contributed by atoms with van der Waals surface area (Å²) in [6.45, 7) is 2.57. The smallest absolute Gasteiger partial charge is 0.416 e. The van der Waals surface area contributed by atoms with Crippen molar-refractivity contribution in [3.63, 3.8) is 0 Å². The highest BCUT2D eigenvalue weighted by Gasteiger charge is 2.47. The molecule has 0 amide bonds. The van der Waals surface area contributed by atoms with Crippen LogP contribution in [0.5, 0.6) is 5.88 Å². The Hall–Kier alpha value is -3.15. The first-order valence-corrected chi connectivity index (χ1v) is 14.2. The second-order valence-electron chi connectivity index (χ2n) is 11.3. The monoisotopic (exact) mass is 608 g/mol. The van der Waals surface area contributed by atoms with Crippen LogP contribution in [0, 0.1) is 5.92 Å². The quantitative estimate of drug-likeness (QED) is 0.289. The van der Waals surface area contributed by atoms with Crippen molar-refractivity contribution in [1.82, 2.24) is 10.3 Å². The van der Waals surface area contributed by atoms with Gasteiger partial charge in [-0.3, -0.25) is 4.79 Å². The third kappa shape index (κ3) is 7.50. The highest BCUT2D eigenvalue weighted by molar-refractivity contribution is 5.86. The largest absolute Gasteiger partial charge is 0.481 e. The van der Waals surface area contributed by atoms with Gasteiger partial charge in [0.15, 0.2) is 12.3 Å². The van der Waals surface area contributed by atoms with Gasteiger partial charge in [-0.15, -0.1) is 0 Å². The van der Waals surface area contributed by atoms with Crippen LogP contribution in [-0.2, 0) is 22.1 Å². The normalized spacial score (nSPS) is 24.3. The van der Waals surface area contributed by atoms with Gasteiger partial charge < -0.3 is 19.9 Å². The van der Waals surface area contributed by atoms with Gasteiger partial charge in [0.2, 0.25) is 5.88 Å². The number of pyridine rings is 1. The van der Waals surface area contributed by atoms with Crippen LogP contribution in [-0.4, -0.2) is 66.7 Å². The summed E-state index contributed by atoms with van der Waals surface area (Å²) in [4.78, 5) is 18.4. The Labute approximate surface area is 248 Å². The molecule has 11 heteroatoms. The van der Waals surface area contributed by atoms with E-state index in [0.717, 1.165) is 24.6 Å². The number of hydrogen-bond donors (Lipinski definition) is 2. The Kier molecular flexibility index (Phi) is 10.4. The molecule has 1 aromatic carbocycles. The number of hydrogen-bond acceptors (Lipinski definition) is 6. The summed E-state index contributed by atoms with van der Waals surface area (Å²) in [5.41, 5.74) is -0.840. The van der Waals surface area contributed by atoms with Crippen LogP contribution in [0.25, 0.3) is 11.3 Å². The zero-order valence-corrected chi connectivity index (χ0v) is 24.3. The fraction of sp³-hybridized carbons (Fsp3) is 0.500. The zero-order chi connectivity index (χ0) is 31.4. The van der Waals surface area contributed by atoms with Gasteiger partial charge in [0, 0.05) is 30.7 Å². The molecule has 1 saturated heterocycles. The molecule has 0 bridgehead atoms. The molecule has 6 unspecified atom stereocenters. The number of aromatic nitrogens is 1. The Morgan fingerprint density at radius 1 is 1.21 bits per heavy atom. The molecule has 6 nitrogen and oxygen atoms in total. The summed E-state index contributed by atoms with van der Waals surface area (Å²) < 4.78 is 80.4. The molecular formula is C32H37F5N2O4. The topological polar surface area (TPSA) is 80.7 Å². The van der Waals surface area contributed by atoms with Gasteiger partial charge in [-0.1, -0.05) is 24.3 Å². The van der Waals surface area contributed by atoms with Crippen molar-refractivity contribution < 1.29 is 41.3 Å². The molecule has 234 valence electrons. The van der Waals surface area contributed by atoms with Crippen molar-refractivity contribution in [2.45, 2.75) is 75.3 Å². The number of ketones is 1. The van der Waals surface area contributed by atoms with E-state index in [2.05, 4.69) is 10.3 Å². The Morgan fingerprint density at radius 3 is 2.63 bits per heavy atom. The van der Waals surface area contributed by atoms with Crippen molar-refractivity contribution in [3.8, 4) is 17.1 Å². The van der Waals surface area contributed by atoms with Gasteiger partial charge in [0.25, 0.3) is 0 Å². The van der Waals surface area contributed by atoms with Crippen LogP contribution in [0.2, 0.25) is 0 Å². The molecule has 1 aliphatic heterocycles. The van der Waals surface area contributed by atoms with Gasteiger partial charge in [-0.25, -0.2) is 13.8 Å². The molecular weight excluding hydrogens is 571 g/mol.